The summed E-state index contributed by atoms with van der Waals surface area (Å²) in [6, 6.07) is 8.02. The summed E-state index contributed by atoms with van der Waals surface area (Å²) >= 11 is 0. The number of hydrogen-bond acceptors (Lipinski definition) is 5. The fourth-order valence-corrected chi connectivity index (χ4v) is 1.84. The molecule has 0 atom stereocenters. The Bertz CT molecular complexity index is 539. The molecule has 0 amide bonds. The highest BCUT2D eigenvalue weighted by Crippen LogP contribution is 2.15. The number of aromatic nitrogens is 2. The minimum atomic E-state index is 0.635. The largest absolute Gasteiger partial charge is 0.492 e. The molecule has 0 aliphatic heterocycles. The highest BCUT2D eigenvalue weighted by Gasteiger charge is 2.08. The van der Waals surface area contributed by atoms with Crippen molar-refractivity contribution in [3.8, 4) is 5.75 Å². The Labute approximate surface area is 119 Å². The van der Waals surface area contributed by atoms with Gasteiger partial charge in [-0.3, -0.25) is 4.90 Å². The van der Waals surface area contributed by atoms with Crippen LogP contribution in [0.25, 0.3) is 0 Å². The number of para-hydroxylation sites is 1. The first kappa shape index (κ1) is 14.5. The maximum Gasteiger partial charge on any atom is 0.240 e. The van der Waals surface area contributed by atoms with E-state index < -0.39 is 0 Å². The van der Waals surface area contributed by atoms with E-state index in [1.54, 1.807) is 0 Å². The standard InChI is InChI=1S/C15H21N3O2/c1-4-14-16-15(20-17-14)11-18(3)9-10-19-13-8-6-5-7-12(13)2/h5-8H,4,9-11H2,1-3H3. The Balaban J connectivity index is 1.75. The second kappa shape index (κ2) is 7.05. The van der Waals surface area contributed by atoms with E-state index in [1.165, 1.54) is 0 Å². The van der Waals surface area contributed by atoms with Gasteiger partial charge in [0.25, 0.3) is 0 Å². The molecule has 0 saturated heterocycles. The van der Waals surface area contributed by atoms with Crippen LogP contribution in [0.5, 0.6) is 5.75 Å². The second-order valence-electron chi connectivity index (χ2n) is 4.81. The molecule has 1 aromatic heterocycles. The van der Waals surface area contributed by atoms with Crippen molar-refractivity contribution < 1.29 is 9.26 Å². The Morgan fingerprint density at radius 3 is 2.80 bits per heavy atom. The van der Waals surface area contributed by atoms with Crippen LogP contribution in [0.2, 0.25) is 0 Å². The molecule has 0 unspecified atom stereocenters. The molecule has 2 aromatic rings. The van der Waals surface area contributed by atoms with E-state index in [1.807, 2.05) is 45.2 Å². The summed E-state index contributed by atoms with van der Waals surface area (Å²) in [6.45, 7) is 6.14. The molecule has 20 heavy (non-hydrogen) atoms. The fraction of sp³-hybridized carbons (Fsp3) is 0.467. The highest BCUT2D eigenvalue weighted by atomic mass is 16.5. The normalized spacial score (nSPS) is 11.0. The summed E-state index contributed by atoms with van der Waals surface area (Å²) < 4.78 is 10.9. The van der Waals surface area contributed by atoms with E-state index in [0.717, 1.165) is 30.1 Å². The number of likely N-dealkylation sites (N-methyl/N-ethyl adjacent to an activating group) is 1. The van der Waals surface area contributed by atoms with Crippen LogP contribution in [-0.2, 0) is 13.0 Å². The van der Waals surface area contributed by atoms with Crippen molar-refractivity contribution >= 4 is 0 Å². The number of hydrogen-bond donors (Lipinski definition) is 0. The number of ether oxygens (including phenoxy) is 1. The maximum atomic E-state index is 5.76. The molecule has 0 radical (unpaired) electrons. The van der Waals surface area contributed by atoms with Crippen molar-refractivity contribution in [3.05, 3.63) is 41.5 Å². The van der Waals surface area contributed by atoms with Gasteiger partial charge in [-0.25, -0.2) is 0 Å². The molecule has 5 heteroatoms. The predicted octanol–water partition coefficient (Wildman–Crippen LogP) is 2.45. The van der Waals surface area contributed by atoms with Gasteiger partial charge in [-0.05, 0) is 25.6 Å². The van der Waals surface area contributed by atoms with Crippen LogP contribution < -0.4 is 4.74 Å². The lowest BCUT2D eigenvalue weighted by atomic mass is 10.2. The smallest absolute Gasteiger partial charge is 0.240 e. The van der Waals surface area contributed by atoms with Gasteiger partial charge < -0.3 is 9.26 Å². The molecule has 0 aliphatic carbocycles. The van der Waals surface area contributed by atoms with Gasteiger partial charge in [0.2, 0.25) is 5.89 Å². The first-order valence-corrected chi connectivity index (χ1v) is 6.87. The molecule has 0 aliphatic rings. The lowest BCUT2D eigenvalue weighted by Gasteiger charge is -2.15. The number of rotatable bonds is 7. The molecule has 0 spiro atoms. The van der Waals surface area contributed by atoms with Crippen LogP contribution >= 0.6 is 0 Å². The number of benzene rings is 1. The zero-order valence-electron chi connectivity index (χ0n) is 12.3. The van der Waals surface area contributed by atoms with Crippen LogP contribution in [0.4, 0.5) is 0 Å². The van der Waals surface area contributed by atoms with Crippen molar-refractivity contribution in [2.45, 2.75) is 26.8 Å². The van der Waals surface area contributed by atoms with Crippen LogP contribution in [-0.4, -0.2) is 35.2 Å². The van der Waals surface area contributed by atoms with E-state index in [0.29, 0.717) is 19.0 Å². The molecular weight excluding hydrogens is 254 g/mol. The van der Waals surface area contributed by atoms with Crippen molar-refractivity contribution in [3.63, 3.8) is 0 Å². The SMILES string of the molecule is CCc1noc(CN(C)CCOc2ccccc2C)n1. The summed E-state index contributed by atoms with van der Waals surface area (Å²) in [5.41, 5.74) is 1.15. The van der Waals surface area contributed by atoms with Gasteiger partial charge in [-0.15, -0.1) is 0 Å². The zero-order valence-corrected chi connectivity index (χ0v) is 12.3. The minimum absolute atomic E-state index is 0.635. The van der Waals surface area contributed by atoms with Crippen molar-refractivity contribution in [1.29, 1.82) is 0 Å². The summed E-state index contributed by atoms with van der Waals surface area (Å²) in [6.07, 6.45) is 0.795. The van der Waals surface area contributed by atoms with Gasteiger partial charge in [0.15, 0.2) is 5.82 Å². The zero-order chi connectivity index (χ0) is 14.4. The highest BCUT2D eigenvalue weighted by molar-refractivity contribution is 5.31. The summed E-state index contributed by atoms with van der Waals surface area (Å²) in [5.74, 6) is 2.34. The monoisotopic (exact) mass is 275 g/mol. The first-order chi connectivity index (χ1) is 9.69. The van der Waals surface area contributed by atoms with Crippen LogP contribution in [0.1, 0.15) is 24.2 Å². The van der Waals surface area contributed by atoms with Crippen LogP contribution in [0.3, 0.4) is 0 Å². The molecule has 0 fully saturated rings. The molecule has 108 valence electrons. The van der Waals surface area contributed by atoms with E-state index in [4.69, 9.17) is 9.26 Å². The molecule has 0 bridgehead atoms. The second-order valence-corrected chi connectivity index (χ2v) is 4.81. The molecule has 0 saturated carbocycles. The van der Waals surface area contributed by atoms with E-state index in [9.17, 15) is 0 Å². The molecule has 1 heterocycles. The fourth-order valence-electron chi connectivity index (χ4n) is 1.84. The van der Waals surface area contributed by atoms with Gasteiger partial charge >= 0.3 is 0 Å². The summed E-state index contributed by atoms with van der Waals surface area (Å²) in [7, 11) is 2.01. The first-order valence-electron chi connectivity index (χ1n) is 6.87. The van der Waals surface area contributed by atoms with E-state index in [-0.39, 0.29) is 0 Å². The van der Waals surface area contributed by atoms with Crippen LogP contribution in [0.15, 0.2) is 28.8 Å². The topological polar surface area (TPSA) is 51.4 Å². The van der Waals surface area contributed by atoms with E-state index >= 15 is 0 Å². The number of aryl methyl sites for hydroxylation is 2. The van der Waals surface area contributed by atoms with Gasteiger partial charge in [-0.2, -0.15) is 4.98 Å². The molecular formula is C15H21N3O2. The Hall–Kier alpha value is -1.88. The lowest BCUT2D eigenvalue weighted by molar-refractivity contribution is 0.212. The van der Waals surface area contributed by atoms with Gasteiger partial charge in [0.05, 0.1) is 6.54 Å². The minimum Gasteiger partial charge on any atom is -0.492 e. The summed E-state index contributed by atoms with van der Waals surface area (Å²) in [5, 5.41) is 3.88. The van der Waals surface area contributed by atoms with Gasteiger partial charge in [-0.1, -0.05) is 30.3 Å². The van der Waals surface area contributed by atoms with Gasteiger partial charge in [0, 0.05) is 13.0 Å². The Morgan fingerprint density at radius 2 is 2.10 bits per heavy atom. The van der Waals surface area contributed by atoms with Gasteiger partial charge in [0.1, 0.15) is 12.4 Å². The Morgan fingerprint density at radius 1 is 1.30 bits per heavy atom. The molecule has 5 nitrogen and oxygen atoms in total. The lowest BCUT2D eigenvalue weighted by Crippen LogP contribution is -2.24. The van der Waals surface area contributed by atoms with Crippen molar-refractivity contribution in [2.75, 3.05) is 20.2 Å². The molecule has 2 rings (SSSR count). The average Bonchev–Trinajstić information content (AvgIpc) is 2.88. The maximum absolute atomic E-state index is 5.76. The predicted molar refractivity (Wildman–Crippen MR) is 76.7 cm³/mol. The van der Waals surface area contributed by atoms with Crippen molar-refractivity contribution in [2.24, 2.45) is 0 Å². The third-order valence-electron chi connectivity index (χ3n) is 3.06. The quantitative estimate of drug-likeness (QED) is 0.777. The molecule has 1 aromatic carbocycles. The summed E-state index contributed by atoms with van der Waals surface area (Å²) in [4.78, 5) is 6.39. The third kappa shape index (κ3) is 4.06. The average molecular weight is 275 g/mol. The van der Waals surface area contributed by atoms with Crippen LogP contribution in [0, 0.1) is 6.92 Å². The number of nitrogens with zero attached hydrogens (tertiary/aromatic N) is 3. The van der Waals surface area contributed by atoms with Crippen molar-refractivity contribution in [1.82, 2.24) is 15.0 Å². The molecule has 0 N–H and O–H groups in total. The van der Waals surface area contributed by atoms with E-state index in [2.05, 4.69) is 15.0 Å². The third-order valence-corrected chi connectivity index (χ3v) is 3.06. The Kier molecular flexibility index (Phi) is 5.12.